The predicted molar refractivity (Wildman–Crippen MR) is 146 cm³/mol. The topological polar surface area (TPSA) is 68.7 Å². The van der Waals surface area contributed by atoms with Gasteiger partial charge >= 0.3 is 0 Å². The number of anilines is 2. The molecular formula is C28H29BrN4O3. The minimum Gasteiger partial charge on any atom is -0.493 e. The van der Waals surface area contributed by atoms with E-state index in [4.69, 9.17) is 14.2 Å². The highest BCUT2D eigenvalue weighted by molar-refractivity contribution is 9.10. The van der Waals surface area contributed by atoms with Gasteiger partial charge in [0.05, 0.1) is 24.9 Å². The van der Waals surface area contributed by atoms with Crippen LogP contribution >= 0.6 is 15.9 Å². The Morgan fingerprint density at radius 3 is 2.53 bits per heavy atom. The van der Waals surface area contributed by atoms with Crippen LogP contribution in [-0.2, 0) is 0 Å². The second-order valence-corrected chi connectivity index (χ2v) is 9.84. The van der Waals surface area contributed by atoms with Crippen LogP contribution in [0.25, 0.3) is 10.9 Å². The lowest BCUT2D eigenvalue weighted by molar-refractivity contribution is 0.157. The predicted octanol–water partition coefficient (Wildman–Crippen LogP) is 6.66. The Kier molecular flexibility index (Phi) is 7.53. The third kappa shape index (κ3) is 5.71. The number of benzene rings is 3. The van der Waals surface area contributed by atoms with Crippen molar-refractivity contribution in [3.8, 4) is 23.0 Å². The lowest BCUT2D eigenvalue weighted by Gasteiger charge is -2.28. The van der Waals surface area contributed by atoms with Crippen molar-refractivity contribution in [3.63, 3.8) is 0 Å². The normalized spacial score (nSPS) is 14.5. The number of piperidine rings is 1. The van der Waals surface area contributed by atoms with Crippen LogP contribution in [0.1, 0.15) is 12.8 Å². The number of aromatic nitrogens is 2. The van der Waals surface area contributed by atoms with E-state index in [0.717, 1.165) is 58.5 Å². The molecule has 1 aliphatic heterocycles. The molecule has 1 aliphatic rings. The molecule has 8 heteroatoms. The van der Waals surface area contributed by atoms with Crippen molar-refractivity contribution in [1.29, 1.82) is 0 Å². The van der Waals surface area contributed by atoms with Gasteiger partial charge in [-0.15, -0.1) is 0 Å². The zero-order chi connectivity index (χ0) is 24.9. The molecule has 36 heavy (non-hydrogen) atoms. The fourth-order valence-electron chi connectivity index (χ4n) is 4.29. The zero-order valence-electron chi connectivity index (χ0n) is 20.4. The Balaban J connectivity index is 1.34. The molecule has 0 unspecified atom stereocenters. The number of nitrogens with zero attached hydrogens (tertiary/aromatic N) is 3. The van der Waals surface area contributed by atoms with Gasteiger partial charge in [0.1, 0.15) is 23.6 Å². The summed E-state index contributed by atoms with van der Waals surface area (Å²) in [6.07, 6.45) is 3.85. The third-order valence-electron chi connectivity index (χ3n) is 6.41. The van der Waals surface area contributed by atoms with Gasteiger partial charge in [0, 0.05) is 15.9 Å². The van der Waals surface area contributed by atoms with Gasteiger partial charge in [0.25, 0.3) is 0 Å². The number of methoxy groups -OCH3 is 1. The van der Waals surface area contributed by atoms with Gasteiger partial charge in [0.2, 0.25) is 0 Å². The van der Waals surface area contributed by atoms with Crippen LogP contribution in [-0.4, -0.2) is 48.7 Å². The van der Waals surface area contributed by atoms with E-state index in [9.17, 15) is 0 Å². The maximum Gasteiger partial charge on any atom is 0.163 e. The van der Waals surface area contributed by atoms with E-state index in [2.05, 4.69) is 43.2 Å². The molecule has 4 aromatic rings. The second kappa shape index (κ2) is 11.1. The number of nitrogens with one attached hydrogen (secondary N) is 1. The minimum atomic E-state index is 0.551. The van der Waals surface area contributed by atoms with Crippen molar-refractivity contribution in [2.75, 3.05) is 39.2 Å². The van der Waals surface area contributed by atoms with E-state index in [1.165, 1.54) is 0 Å². The van der Waals surface area contributed by atoms with Crippen LogP contribution < -0.4 is 19.5 Å². The molecule has 1 N–H and O–H groups in total. The van der Waals surface area contributed by atoms with Gasteiger partial charge in [-0.1, -0.05) is 18.2 Å². The molecule has 2 heterocycles. The molecule has 1 aromatic heterocycles. The summed E-state index contributed by atoms with van der Waals surface area (Å²) >= 11 is 3.65. The summed E-state index contributed by atoms with van der Waals surface area (Å²) in [6.45, 7) is 2.90. The Morgan fingerprint density at radius 2 is 1.78 bits per heavy atom. The van der Waals surface area contributed by atoms with Gasteiger partial charge in [-0.3, -0.25) is 0 Å². The second-order valence-electron chi connectivity index (χ2n) is 8.98. The van der Waals surface area contributed by atoms with Gasteiger partial charge in [-0.05, 0) is 91.2 Å². The van der Waals surface area contributed by atoms with Crippen LogP contribution in [0.2, 0.25) is 0 Å². The molecule has 0 radical (unpaired) electrons. The fourth-order valence-corrected chi connectivity index (χ4v) is 4.74. The number of halogens is 1. The Bertz CT molecular complexity index is 1330. The SMILES string of the molecule is COc1cc2c(Nc3ccc(Oc4ccccc4)cc3Br)ncnc2cc1OCC1CCN(C)CC1. The highest BCUT2D eigenvalue weighted by Gasteiger charge is 2.19. The van der Waals surface area contributed by atoms with E-state index >= 15 is 0 Å². The van der Waals surface area contributed by atoms with E-state index in [1.807, 2.05) is 60.7 Å². The quantitative estimate of drug-likeness (QED) is 0.264. The monoisotopic (exact) mass is 548 g/mol. The zero-order valence-corrected chi connectivity index (χ0v) is 22.0. The van der Waals surface area contributed by atoms with Crippen LogP contribution in [0, 0.1) is 5.92 Å². The summed E-state index contributed by atoms with van der Waals surface area (Å²) in [7, 11) is 3.82. The average molecular weight is 549 g/mol. The summed E-state index contributed by atoms with van der Waals surface area (Å²) in [4.78, 5) is 11.3. The van der Waals surface area contributed by atoms with Crippen LogP contribution in [0.5, 0.6) is 23.0 Å². The molecule has 0 saturated carbocycles. The maximum atomic E-state index is 6.20. The molecule has 1 saturated heterocycles. The van der Waals surface area contributed by atoms with E-state index in [1.54, 1.807) is 13.4 Å². The first-order valence-electron chi connectivity index (χ1n) is 12.0. The summed E-state index contributed by atoms with van der Waals surface area (Å²) in [6, 6.07) is 19.4. The first-order valence-corrected chi connectivity index (χ1v) is 12.8. The lowest BCUT2D eigenvalue weighted by atomic mass is 9.98. The van der Waals surface area contributed by atoms with Crippen LogP contribution in [0.4, 0.5) is 11.5 Å². The first kappa shape index (κ1) is 24.3. The van der Waals surface area contributed by atoms with Crippen molar-refractivity contribution >= 4 is 38.3 Å². The Labute approximate surface area is 219 Å². The molecule has 5 rings (SSSR count). The molecule has 0 spiro atoms. The summed E-state index contributed by atoms with van der Waals surface area (Å²) in [5.74, 6) is 4.12. The van der Waals surface area contributed by atoms with Crippen molar-refractivity contribution in [2.45, 2.75) is 12.8 Å². The standard InChI is InChI=1S/C28H29BrN4O3/c1-33-12-10-19(11-13-33)17-35-27-16-25-22(15-26(27)34-2)28(31-18-30-25)32-24-9-8-21(14-23(24)29)36-20-6-4-3-5-7-20/h3-9,14-16,18-19H,10-13,17H2,1-2H3,(H,30,31,32). The number of hydrogen-bond acceptors (Lipinski definition) is 7. The molecule has 0 bridgehead atoms. The number of para-hydroxylation sites is 1. The van der Waals surface area contributed by atoms with Crippen LogP contribution in [0.15, 0.2) is 71.5 Å². The summed E-state index contributed by atoms with van der Waals surface area (Å²) < 4.78 is 18.7. The Morgan fingerprint density at radius 1 is 0.972 bits per heavy atom. The summed E-state index contributed by atoms with van der Waals surface area (Å²) in [5.41, 5.74) is 1.64. The number of fused-ring (bicyclic) bond motifs is 1. The highest BCUT2D eigenvalue weighted by atomic mass is 79.9. The van der Waals surface area contributed by atoms with E-state index in [-0.39, 0.29) is 0 Å². The minimum absolute atomic E-state index is 0.551. The molecule has 1 fully saturated rings. The molecule has 0 atom stereocenters. The van der Waals surface area contributed by atoms with Gasteiger partial charge in [-0.25, -0.2) is 9.97 Å². The van der Waals surface area contributed by atoms with Gasteiger partial charge in [0.15, 0.2) is 11.5 Å². The molecule has 0 amide bonds. The van der Waals surface area contributed by atoms with Crippen LogP contribution in [0.3, 0.4) is 0 Å². The van der Waals surface area contributed by atoms with Crippen molar-refractivity contribution in [2.24, 2.45) is 5.92 Å². The Hall–Kier alpha value is -3.36. The number of ether oxygens (including phenoxy) is 3. The molecule has 7 nitrogen and oxygen atoms in total. The maximum absolute atomic E-state index is 6.20. The smallest absolute Gasteiger partial charge is 0.163 e. The number of likely N-dealkylation sites (tertiary alicyclic amines) is 1. The first-order chi connectivity index (χ1) is 17.6. The number of rotatable bonds is 8. The largest absolute Gasteiger partial charge is 0.493 e. The number of hydrogen-bond donors (Lipinski definition) is 1. The van der Waals surface area contributed by atoms with E-state index in [0.29, 0.717) is 29.8 Å². The molecule has 0 aliphatic carbocycles. The van der Waals surface area contributed by atoms with Crippen molar-refractivity contribution < 1.29 is 14.2 Å². The van der Waals surface area contributed by atoms with Crippen molar-refractivity contribution in [3.05, 3.63) is 71.5 Å². The molecule has 186 valence electrons. The molecule has 3 aromatic carbocycles. The van der Waals surface area contributed by atoms with Gasteiger partial charge in [-0.2, -0.15) is 0 Å². The van der Waals surface area contributed by atoms with Gasteiger partial charge < -0.3 is 24.4 Å². The highest BCUT2D eigenvalue weighted by Crippen LogP contribution is 2.37. The lowest BCUT2D eigenvalue weighted by Crippen LogP contribution is -2.32. The van der Waals surface area contributed by atoms with E-state index < -0.39 is 0 Å². The summed E-state index contributed by atoms with van der Waals surface area (Å²) in [5, 5.41) is 4.26. The van der Waals surface area contributed by atoms with Crippen molar-refractivity contribution in [1.82, 2.24) is 14.9 Å². The molecular weight excluding hydrogens is 520 g/mol. The average Bonchev–Trinajstić information content (AvgIpc) is 2.90. The third-order valence-corrected chi connectivity index (χ3v) is 7.06. The fraction of sp³-hybridized carbons (Fsp3) is 0.286.